The van der Waals surface area contributed by atoms with Gasteiger partial charge in [0.2, 0.25) is 0 Å². The molecule has 3 heteroatoms. The molecule has 0 aromatic heterocycles. The van der Waals surface area contributed by atoms with Gasteiger partial charge in [0.25, 0.3) is 0 Å². The average molecular weight is 200 g/mol. The van der Waals surface area contributed by atoms with Crippen LogP contribution in [-0.4, -0.2) is 50.3 Å². The average Bonchev–Trinajstić information content (AvgIpc) is 2.26. The number of likely N-dealkylation sites (N-methyl/N-ethyl adjacent to an activating group) is 1. The summed E-state index contributed by atoms with van der Waals surface area (Å²) in [6.07, 6.45) is 2.86. The molecule has 0 saturated carbocycles. The quantitative estimate of drug-likeness (QED) is 0.695. The predicted octanol–water partition coefficient (Wildman–Crippen LogP) is 1.10. The maximum absolute atomic E-state index is 5.84. The van der Waals surface area contributed by atoms with Gasteiger partial charge in [0.15, 0.2) is 0 Å². The topological polar surface area (TPSA) is 24.5 Å². The van der Waals surface area contributed by atoms with E-state index < -0.39 is 0 Å². The van der Waals surface area contributed by atoms with Gasteiger partial charge in [-0.05, 0) is 39.0 Å². The van der Waals surface area contributed by atoms with Crippen LogP contribution in [0.15, 0.2) is 0 Å². The fourth-order valence-electron chi connectivity index (χ4n) is 1.85. The van der Waals surface area contributed by atoms with Gasteiger partial charge in [0.05, 0.1) is 12.7 Å². The lowest BCUT2D eigenvalue weighted by molar-refractivity contribution is 0.0214. The first-order valence-electron chi connectivity index (χ1n) is 5.91. The summed E-state index contributed by atoms with van der Waals surface area (Å²) in [5, 5.41) is 3.35. The number of nitrogens with zero attached hydrogens (tertiary/aromatic N) is 1. The molecular formula is C11H24N2O. The van der Waals surface area contributed by atoms with E-state index >= 15 is 0 Å². The number of piperidine rings is 1. The monoisotopic (exact) mass is 200 g/mol. The molecule has 84 valence electrons. The molecule has 1 saturated heterocycles. The second kappa shape index (κ2) is 7.21. The molecule has 0 amide bonds. The Morgan fingerprint density at radius 3 is 2.43 bits per heavy atom. The molecule has 1 heterocycles. The van der Waals surface area contributed by atoms with Crippen molar-refractivity contribution in [3.8, 4) is 0 Å². The van der Waals surface area contributed by atoms with Gasteiger partial charge in [0, 0.05) is 6.54 Å². The van der Waals surface area contributed by atoms with Gasteiger partial charge in [-0.3, -0.25) is 0 Å². The molecule has 0 radical (unpaired) electrons. The van der Waals surface area contributed by atoms with Gasteiger partial charge in [-0.2, -0.15) is 0 Å². The van der Waals surface area contributed by atoms with Crippen LogP contribution in [0, 0.1) is 0 Å². The highest BCUT2D eigenvalue weighted by molar-refractivity contribution is 4.68. The summed E-state index contributed by atoms with van der Waals surface area (Å²) in [6, 6.07) is 0. The van der Waals surface area contributed by atoms with E-state index in [0.29, 0.717) is 6.10 Å². The minimum absolute atomic E-state index is 0.506. The van der Waals surface area contributed by atoms with E-state index in [9.17, 15) is 0 Å². The third-order valence-electron chi connectivity index (χ3n) is 2.94. The maximum Gasteiger partial charge on any atom is 0.0600 e. The normalized spacial score (nSPS) is 19.1. The van der Waals surface area contributed by atoms with Crippen LogP contribution < -0.4 is 5.32 Å². The van der Waals surface area contributed by atoms with Gasteiger partial charge in [0.1, 0.15) is 0 Å². The molecular weight excluding hydrogens is 176 g/mol. The summed E-state index contributed by atoms with van der Waals surface area (Å²) in [7, 11) is 0. The molecule has 0 aromatic carbocycles. The van der Waals surface area contributed by atoms with Crippen LogP contribution in [0.2, 0.25) is 0 Å². The number of ether oxygens (including phenoxy) is 1. The zero-order valence-electron chi connectivity index (χ0n) is 9.59. The van der Waals surface area contributed by atoms with E-state index in [1.165, 1.54) is 12.8 Å². The van der Waals surface area contributed by atoms with Crippen molar-refractivity contribution in [2.24, 2.45) is 0 Å². The smallest absolute Gasteiger partial charge is 0.0600 e. The Morgan fingerprint density at radius 2 is 1.86 bits per heavy atom. The molecule has 1 aliphatic heterocycles. The lowest BCUT2D eigenvalue weighted by Crippen LogP contribution is -2.34. The highest BCUT2D eigenvalue weighted by Gasteiger charge is 2.12. The molecule has 1 rings (SSSR count). The standard InChI is InChI=1S/C11H24N2O/c1-3-13(4-2)9-10-14-11-5-7-12-8-6-11/h11-12H,3-10H2,1-2H3. The van der Waals surface area contributed by atoms with Crippen LogP contribution in [0.3, 0.4) is 0 Å². The Hall–Kier alpha value is -0.120. The third-order valence-corrected chi connectivity index (χ3v) is 2.94. The summed E-state index contributed by atoms with van der Waals surface area (Å²) in [5.41, 5.74) is 0. The second-order valence-corrected chi connectivity index (χ2v) is 3.85. The van der Waals surface area contributed by atoms with E-state index in [0.717, 1.165) is 39.3 Å². The van der Waals surface area contributed by atoms with Crippen molar-refractivity contribution in [2.75, 3.05) is 39.3 Å². The van der Waals surface area contributed by atoms with Gasteiger partial charge in [-0.15, -0.1) is 0 Å². The first kappa shape index (κ1) is 12.0. The van der Waals surface area contributed by atoms with Crippen LogP contribution >= 0.6 is 0 Å². The van der Waals surface area contributed by atoms with Crippen molar-refractivity contribution in [1.82, 2.24) is 10.2 Å². The molecule has 0 atom stereocenters. The summed E-state index contributed by atoms with van der Waals surface area (Å²) < 4.78 is 5.84. The Labute approximate surface area is 87.8 Å². The van der Waals surface area contributed by atoms with Crippen molar-refractivity contribution >= 4 is 0 Å². The zero-order valence-corrected chi connectivity index (χ0v) is 9.59. The largest absolute Gasteiger partial charge is 0.377 e. The van der Waals surface area contributed by atoms with E-state index in [1.54, 1.807) is 0 Å². The van der Waals surface area contributed by atoms with Crippen molar-refractivity contribution in [3.05, 3.63) is 0 Å². The number of hydrogen-bond donors (Lipinski definition) is 1. The van der Waals surface area contributed by atoms with Gasteiger partial charge in [-0.25, -0.2) is 0 Å². The van der Waals surface area contributed by atoms with Crippen molar-refractivity contribution in [2.45, 2.75) is 32.8 Å². The first-order valence-corrected chi connectivity index (χ1v) is 5.91. The molecule has 0 unspecified atom stereocenters. The molecule has 0 spiro atoms. The molecule has 0 bridgehead atoms. The van der Waals surface area contributed by atoms with Gasteiger partial charge >= 0.3 is 0 Å². The minimum Gasteiger partial charge on any atom is -0.377 e. The fraction of sp³-hybridized carbons (Fsp3) is 1.00. The molecule has 0 aromatic rings. The Bertz CT molecular complexity index is 131. The third kappa shape index (κ3) is 4.40. The summed E-state index contributed by atoms with van der Waals surface area (Å²) in [4.78, 5) is 2.40. The summed E-state index contributed by atoms with van der Waals surface area (Å²) >= 11 is 0. The molecule has 0 aliphatic carbocycles. The van der Waals surface area contributed by atoms with E-state index in [1.807, 2.05) is 0 Å². The maximum atomic E-state index is 5.84. The van der Waals surface area contributed by atoms with Gasteiger partial charge < -0.3 is 15.0 Å². The number of hydrogen-bond acceptors (Lipinski definition) is 3. The SMILES string of the molecule is CCN(CC)CCOC1CCNCC1. The lowest BCUT2D eigenvalue weighted by atomic mass is 10.1. The Balaban J connectivity index is 2.01. The molecule has 3 nitrogen and oxygen atoms in total. The minimum atomic E-state index is 0.506. The Kier molecular flexibility index (Phi) is 6.15. The van der Waals surface area contributed by atoms with Crippen LogP contribution in [-0.2, 0) is 4.74 Å². The van der Waals surface area contributed by atoms with E-state index in [2.05, 4.69) is 24.1 Å². The first-order chi connectivity index (χ1) is 6.86. The van der Waals surface area contributed by atoms with Crippen molar-refractivity contribution < 1.29 is 4.74 Å². The van der Waals surface area contributed by atoms with Crippen LogP contribution in [0.5, 0.6) is 0 Å². The molecule has 1 fully saturated rings. The molecule has 14 heavy (non-hydrogen) atoms. The number of nitrogens with one attached hydrogen (secondary N) is 1. The van der Waals surface area contributed by atoms with Crippen molar-refractivity contribution in [1.29, 1.82) is 0 Å². The van der Waals surface area contributed by atoms with E-state index in [-0.39, 0.29) is 0 Å². The van der Waals surface area contributed by atoms with Crippen molar-refractivity contribution in [3.63, 3.8) is 0 Å². The highest BCUT2D eigenvalue weighted by atomic mass is 16.5. The van der Waals surface area contributed by atoms with E-state index in [4.69, 9.17) is 4.74 Å². The second-order valence-electron chi connectivity index (χ2n) is 3.85. The van der Waals surface area contributed by atoms with Crippen LogP contribution in [0.1, 0.15) is 26.7 Å². The molecule has 1 N–H and O–H groups in total. The number of rotatable bonds is 6. The zero-order chi connectivity index (χ0) is 10.2. The summed E-state index contributed by atoms with van der Waals surface area (Å²) in [5.74, 6) is 0. The van der Waals surface area contributed by atoms with Crippen LogP contribution in [0.4, 0.5) is 0 Å². The summed E-state index contributed by atoms with van der Waals surface area (Å²) in [6.45, 7) is 10.9. The highest BCUT2D eigenvalue weighted by Crippen LogP contribution is 2.06. The predicted molar refractivity (Wildman–Crippen MR) is 59.6 cm³/mol. The molecule has 1 aliphatic rings. The Morgan fingerprint density at radius 1 is 1.21 bits per heavy atom. The van der Waals surface area contributed by atoms with Gasteiger partial charge in [-0.1, -0.05) is 13.8 Å². The van der Waals surface area contributed by atoms with Crippen LogP contribution in [0.25, 0.3) is 0 Å². The lowest BCUT2D eigenvalue weighted by Gasteiger charge is -2.25. The fourth-order valence-corrected chi connectivity index (χ4v) is 1.85.